The fourth-order valence-electron chi connectivity index (χ4n) is 13.8. The third-order valence-electron chi connectivity index (χ3n) is 17.3. The van der Waals surface area contributed by atoms with Crippen LogP contribution >= 0.6 is 0 Å². The van der Waals surface area contributed by atoms with Crippen molar-refractivity contribution in [2.24, 2.45) is 46.3 Å². The molecule has 16 heteroatoms. The summed E-state index contributed by atoms with van der Waals surface area (Å²) in [6.07, 6.45) is -12.0. The van der Waals surface area contributed by atoms with Gasteiger partial charge in [0.05, 0.1) is 43.7 Å². The van der Waals surface area contributed by atoms with E-state index in [9.17, 15) is 40.9 Å². The minimum atomic E-state index is -1.72. The number of ether oxygens (including phenoxy) is 8. The lowest BCUT2D eigenvalue weighted by atomic mass is 9.46. The van der Waals surface area contributed by atoms with Crippen LogP contribution in [0.3, 0.4) is 0 Å². The highest BCUT2D eigenvalue weighted by molar-refractivity contribution is 5.29. The maximum absolute atomic E-state index is 11.6. The van der Waals surface area contributed by atoms with E-state index >= 15 is 0 Å². The van der Waals surface area contributed by atoms with Gasteiger partial charge in [-0.05, 0) is 87.4 Å². The van der Waals surface area contributed by atoms with Gasteiger partial charge in [0.15, 0.2) is 24.7 Å². The lowest BCUT2D eigenvalue weighted by molar-refractivity contribution is -0.391. The SMILES string of the molecule is CC1CCC2(OC1)OC1CC3[C@@H]4CC=C5C[C@@H](O)C[C@@H](O[C@@H]6O[C@H](C)[C@H](O)[C@H](O[C@@H]7OC[C@@H](O)[C@H](O)[C@H]7O)[C@H]6O[C@@H]6O[C@@H](C)[C@H](O)[C@@H](O)[C@H]6O)[C@]5(C)C4CC[C@]3(C)C1C2C. The molecule has 0 aromatic carbocycles. The first kappa shape index (κ1) is 44.3. The molecule has 0 aromatic rings. The number of rotatable bonds is 6. The quantitative estimate of drug-likeness (QED) is 0.173. The van der Waals surface area contributed by atoms with Crippen LogP contribution in [0.5, 0.6) is 0 Å². The number of aliphatic hydroxyl groups is 8. The fourth-order valence-corrected chi connectivity index (χ4v) is 13.8. The van der Waals surface area contributed by atoms with Crippen molar-refractivity contribution in [3.8, 4) is 0 Å². The summed E-state index contributed by atoms with van der Waals surface area (Å²) in [5.74, 6) is 1.67. The molecular weight excluding hydrogens is 784 g/mol. The van der Waals surface area contributed by atoms with Gasteiger partial charge in [-0.1, -0.05) is 39.3 Å². The first-order chi connectivity index (χ1) is 28.4. The normalized spacial score (nSPS) is 59.2. The molecule has 0 amide bonds. The van der Waals surface area contributed by atoms with Crippen LogP contribution in [0, 0.1) is 46.3 Å². The highest BCUT2D eigenvalue weighted by Gasteiger charge is 2.69. The van der Waals surface area contributed by atoms with E-state index in [0.717, 1.165) is 50.7 Å². The molecule has 8 fully saturated rings. The second kappa shape index (κ2) is 16.2. The highest BCUT2D eigenvalue weighted by atomic mass is 16.8. The predicted molar refractivity (Wildman–Crippen MR) is 208 cm³/mol. The van der Waals surface area contributed by atoms with Gasteiger partial charge in [-0.25, -0.2) is 0 Å². The zero-order valence-electron chi connectivity index (χ0n) is 35.8. The van der Waals surface area contributed by atoms with Crippen molar-refractivity contribution in [2.75, 3.05) is 13.2 Å². The molecule has 8 N–H and O–H groups in total. The van der Waals surface area contributed by atoms with E-state index in [1.54, 1.807) is 6.92 Å². The first-order valence-electron chi connectivity index (χ1n) is 22.7. The van der Waals surface area contributed by atoms with E-state index < -0.39 is 109 Å². The van der Waals surface area contributed by atoms with Gasteiger partial charge >= 0.3 is 0 Å². The van der Waals surface area contributed by atoms with Crippen molar-refractivity contribution in [2.45, 2.75) is 203 Å². The zero-order chi connectivity index (χ0) is 42.8. The topological polar surface area (TPSA) is 236 Å². The van der Waals surface area contributed by atoms with E-state index in [1.807, 2.05) is 0 Å². The van der Waals surface area contributed by atoms with Crippen LogP contribution in [0.1, 0.15) is 92.9 Å². The molecule has 26 atom stereocenters. The van der Waals surface area contributed by atoms with Crippen molar-refractivity contribution >= 4 is 0 Å². The fraction of sp³-hybridized carbons (Fsp3) is 0.955. The summed E-state index contributed by atoms with van der Waals surface area (Å²) in [5.41, 5.74) is 0.681. The molecular formula is C44H70O16. The van der Waals surface area contributed by atoms with Gasteiger partial charge in [0, 0.05) is 24.2 Å². The Morgan fingerprint density at radius 3 is 2.12 bits per heavy atom. The average Bonchev–Trinajstić information content (AvgIpc) is 3.66. The van der Waals surface area contributed by atoms with Gasteiger partial charge < -0.3 is 78.7 Å². The Bertz CT molecular complexity index is 1580. The Morgan fingerprint density at radius 2 is 1.38 bits per heavy atom. The van der Waals surface area contributed by atoms with Gasteiger partial charge in [-0.15, -0.1) is 0 Å². The number of fused-ring (bicyclic) bond motifs is 7. The molecule has 1 spiro atoms. The summed E-state index contributed by atoms with van der Waals surface area (Å²) in [4.78, 5) is 0. The van der Waals surface area contributed by atoms with Crippen LogP contribution in [-0.2, 0) is 37.9 Å². The number of hydrogen-bond acceptors (Lipinski definition) is 16. The molecule has 342 valence electrons. The molecule has 3 saturated carbocycles. The molecule has 7 unspecified atom stereocenters. The van der Waals surface area contributed by atoms with Crippen LogP contribution in [0.25, 0.3) is 0 Å². The molecule has 5 aliphatic heterocycles. The Morgan fingerprint density at radius 1 is 0.683 bits per heavy atom. The summed E-state index contributed by atoms with van der Waals surface area (Å²) in [5, 5.41) is 86.8. The van der Waals surface area contributed by atoms with Crippen molar-refractivity contribution in [1.29, 1.82) is 0 Å². The second-order valence-corrected chi connectivity index (χ2v) is 20.7. The monoisotopic (exact) mass is 854 g/mol. The molecule has 0 aromatic heterocycles. The molecule has 0 bridgehead atoms. The maximum Gasteiger partial charge on any atom is 0.187 e. The van der Waals surface area contributed by atoms with Crippen LogP contribution in [0.2, 0.25) is 0 Å². The molecule has 9 aliphatic rings. The number of hydrogen-bond donors (Lipinski definition) is 8. The van der Waals surface area contributed by atoms with Crippen molar-refractivity contribution < 1.29 is 78.7 Å². The van der Waals surface area contributed by atoms with E-state index in [0.29, 0.717) is 30.1 Å². The largest absolute Gasteiger partial charge is 0.393 e. The summed E-state index contributed by atoms with van der Waals surface area (Å²) < 4.78 is 51.1. The molecule has 4 aliphatic carbocycles. The Hall–Kier alpha value is -0.900. The van der Waals surface area contributed by atoms with E-state index in [4.69, 9.17) is 37.9 Å². The van der Waals surface area contributed by atoms with Gasteiger partial charge in [-0.3, -0.25) is 0 Å². The molecule has 60 heavy (non-hydrogen) atoms. The van der Waals surface area contributed by atoms with Crippen LogP contribution in [-0.4, -0.2) is 164 Å². The van der Waals surface area contributed by atoms with E-state index in [-0.39, 0.29) is 36.4 Å². The summed E-state index contributed by atoms with van der Waals surface area (Å²) in [6.45, 7) is 12.8. The number of allylic oxidation sites excluding steroid dienone is 1. The average molecular weight is 855 g/mol. The molecule has 5 saturated heterocycles. The van der Waals surface area contributed by atoms with Gasteiger partial charge in [0.25, 0.3) is 0 Å². The lowest BCUT2D eigenvalue weighted by Crippen LogP contribution is -2.66. The summed E-state index contributed by atoms with van der Waals surface area (Å²) in [6, 6.07) is 0. The molecule has 0 radical (unpaired) electrons. The Balaban J connectivity index is 1.01. The Labute approximate surface area is 352 Å². The number of aliphatic hydroxyl groups excluding tert-OH is 8. The minimum Gasteiger partial charge on any atom is -0.393 e. The van der Waals surface area contributed by atoms with Gasteiger partial charge in [0.1, 0.15) is 54.9 Å². The van der Waals surface area contributed by atoms with Crippen molar-refractivity contribution in [1.82, 2.24) is 0 Å². The first-order valence-corrected chi connectivity index (χ1v) is 22.7. The standard InChI is InChI=1S/C44H70O16/c1-18-9-12-44(54-16-18)19(2)30-28(60-44)15-26-24-8-7-22-13-23(45)14-29(43(22,6)25(24)10-11-42(26,30)5)57-41-38(59-40-36(52)34(50)31(47)20(3)55-40)37(32(48)21(4)56-41)58-39-35(51)33(49)27(46)17-53-39/h7,18-21,23-41,45-52H,8-17H2,1-6H3/t18?,19?,20-,21+,23+,24+,25?,26?,27+,28?,29+,30?,31-,32-,33-,34+,35+,36+,37-,38+,39-,40-,41-,42-,43-,44?/m0/s1. The van der Waals surface area contributed by atoms with Gasteiger partial charge in [-0.2, -0.15) is 0 Å². The van der Waals surface area contributed by atoms with E-state index in [1.165, 1.54) is 6.92 Å². The maximum atomic E-state index is 11.6. The van der Waals surface area contributed by atoms with Crippen LogP contribution < -0.4 is 0 Å². The Kier molecular flexibility index (Phi) is 12.0. The molecule has 5 heterocycles. The van der Waals surface area contributed by atoms with Gasteiger partial charge in [0.2, 0.25) is 0 Å². The van der Waals surface area contributed by atoms with Crippen molar-refractivity contribution in [3.63, 3.8) is 0 Å². The van der Waals surface area contributed by atoms with Crippen LogP contribution in [0.4, 0.5) is 0 Å². The summed E-state index contributed by atoms with van der Waals surface area (Å²) in [7, 11) is 0. The zero-order valence-corrected chi connectivity index (χ0v) is 35.8. The van der Waals surface area contributed by atoms with Crippen molar-refractivity contribution in [3.05, 3.63) is 11.6 Å². The molecule has 9 rings (SSSR count). The smallest absolute Gasteiger partial charge is 0.187 e. The third-order valence-corrected chi connectivity index (χ3v) is 17.3. The van der Waals surface area contributed by atoms with E-state index in [2.05, 4.69) is 33.8 Å². The third kappa shape index (κ3) is 7.01. The molecule has 16 nitrogen and oxygen atoms in total. The van der Waals surface area contributed by atoms with Crippen LogP contribution in [0.15, 0.2) is 11.6 Å². The summed E-state index contributed by atoms with van der Waals surface area (Å²) >= 11 is 0. The minimum absolute atomic E-state index is 0.0699. The second-order valence-electron chi connectivity index (χ2n) is 20.7. The lowest BCUT2D eigenvalue weighted by Gasteiger charge is -2.60. The highest BCUT2D eigenvalue weighted by Crippen LogP contribution is 2.71. The predicted octanol–water partition coefficient (Wildman–Crippen LogP) is 0.852.